The first kappa shape index (κ1) is 49.3. The van der Waals surface area contributed by atoms with Crippen molar-refractivity contribution in [3.05, 3.63) is 84.2 Å². The van der Waals surface area contributed by atoms with E-state index >= 15 is 0 Å². The van der Waals surface area contributed by atoms with Gasteiger partial charge in [0.15, 0.2) is 0 Å². The molecule has 368 valence electrons. The summed E-state index contributed by atoms with van der Waals surface area (Å²) in [5.41, 5.74) is 4.30. The lowest BCUT2D eigenvalue weighted by atomic mass is 9.83. The molecule has 2 aliphatic heterocycles. The fourth-order valence-corrected chi connectivity index (χ4v) is 10.8. The van der Waals surface area contributed by atoms with E-state index in [4.69, 9.17) is 24.3 Å². The van der Waals surface area contributed by atoms with Gasteiger partial charge in [-0.3, -0.25) is 9.59 Å². The monoisotopic (exact) mass is 933 g/mol. The predicted octanol–water partition coefficient (Wildman–Crippen LogP) is 6.43. The number of aromatic nitrogens is 4. The van der Waals surface area contributed by atoms with Crippen LogP contribution in [0.5, 0.6) is 5.75 Å². The number of benzene rings is 2. The molecule has 8 rings (SSSR count). The minimum atomic E-state index is -0.431. The molecule has 4 heterocycles. The molecule has 3 N–H and O–H groups in total. The minimum absolute atomic E-state index is 0.0857. The Kier molecular flexibility index (Phi) is 17.7. The maximum Gasteiger partial charge on any atom is 0.245 e. The second kappa shape index (κ2) is 24.5. The molecule has 2 saturated carbocycles. The van der Waals surface area contributed by atoms with Gasteiger partial charge in [-0.25, -0.2) is 14.6 Å². The molecule has 2 aromatic heterocycles. The molecule has 2 amide bonds. The fraction of sp³-hybridized carbons (Fsp3) is 0.604. The van der Waals surface area contributed by atoms with Gasteiger partial charge >= 0.3 is 0 Å². The summed E-state index contributed by atoms with van der Waals surface area (Å²) in [6, 6.07) is 20.5. The number of nitrogens with one attached hydrogen (secondary N) is 3. The Labute approximate surface area is 404 Å². The van der Waals surface area contributed by atoms with Gasteiger partial charge in [0.2, 0.25) is 17.8 Å². The lowest BCUT2D eigenvalue weighted by Crippen LogP contribution is -2.58. The van der Waals surface area contributed by atoms with Crippen molar-refractivity contribution < 1.29 is 23.8 Å². The van der Waals surface area contributed by atoms with Crippen molar-refractivity contribution in [1.82, 2.24) is 40.2 Å². The van der Waals surface area contributed by atoms with Crippen LogP contribution in [-0.4, -0.2) is 145 Å². The van der Waals surface area contributed by atoms with Crippen molar-refractivity contribution in [3.8, 4) is 17.0 Å². The number of piperidine rings is 1. The SMILES string of the molecule is CN[C@@H](C)C(=O)NC(C(=O)N1CC[C@@H]2CCN(CCc3ccc(OCCOCCO[C@H]4CC[C@H](Nc5nccc(-c6cnn(Cc7ccccc7)c6N(C)C)n5)CC4)cc3)C[C@@H]21)C1CCCCC1. The van der Waals surface area contributed by atoms with Gasteiger partial charge in [0.05, 0.1) is 56.0 Å². The third kappa shape index (κ3) is 13.2. The highest BCUT2D eigenvalue weighted by atomic mass is 16.5. The van der Waals surface area contributed by atoms with Gasteiger partial charge in [-0.2, -0.15) is 5.10 Å². The summed E-state index contributed by atoms with van der Waals surface area (Å²) in [5.74, 6) is 3.29. The molecule has 4 fully saturated rings. The Morgan fingerprint density at radius 1 is 0.853 bits per heavy atom. The van der Waals surface area contributed by atoms with Crippen molar-refractivity contribution in [2.24, 2.45) is 11.8 Å². The first-order chi connectivity index (χ1) is 33.2. The van der Waals surface area contributed by atoms with Crippen LogP contribution in [0.25, 0.3) is 11.3 Å². The van der Waals surface area contributed by atoms with Crippen LogP contribution in [0, 0.1) is 11.8 Å². The van der Waals surface area contributed by atoms with E-state index in [0.717, 1.165) is 120 Å². The summed E-state index contributed by atoms with van der Waals surface area (Å²) in [4.78, 5) is 43.5. The van der Waals surface area contributed by atoms with E-state index in [2.05, 4.69) is 72.0 Å². The van der Waals surface area contributed by atoms with Crippen LogP contribution in [0.3, 0.4) is 0 Å². The van der Waals surface area contributed by atoms with Gasteiger partial charge in [-0.05, 0) is 119 Å². The van der Waals surface area contributed by atoms with E-state index in [0.29, 0.717) is 50.9 Å². The summed E-state index contributed by atoms with van der Waals surface area (Å²) < 4.78 is 20.1. The Hall–Kier alpha value is -5.09. The molecule has 15 nitrogen and oxygen atoms in total. The molecule has 2 aliphatic carbocycles. The van der Waals surface area contributed by atoms with Crippen LogP contribution in [0.4, 0.5) is 11.8 Å². The number of hydrogen-bond donors (Lipinski definition) is 3. The van der Waals surface area contributed by atoms with E-state index in [1.54, 1.807) is 7.05 Å². The topological polar surface area (TPSA) is 151 Å². The lowest BCUT2D eigenvalue weighted by Gasteiger charge is -2.41. The number of anilines is 2. The summed E-state index contributed by atoms with van der Waals surface area (Å²) in [5, 5.41) is 14.5. The average molecular weight is 933 g/mol. The number of carbonyl (C=O) groups excluding carboxylic acids is 2. The number of carbonyl (C=O) groups is 2. The molecule has 4 aliphatic rings. The third-order valence-electron chi connectivity index (χ3n) is 14.8. The van der Waals surface area contributed by atoms with Gasteiger partial charge in [-0.1, -0.05) is 61.7 Å². The summed E-state index contributed by atoms with van der Waals surface area (Å²) in [6.07, 6.45) is 16.5. The molecule has 2 saturated heterocycles. The predicted molar refractivity (Wildman–Crippen MR) is 267 cm³/mol. The first-order valence-electron chi connectivity index (χ1n) is 25.5. The number of rotatable bonds is 22. The first-order valence-corrected chi connectivity index (χ1v) is 25.5. The van der Waals surface area contributed by atoms with Gasteiger partial charge in [0.1, 0.15) is 24.2 Å². The zero-order chi connectivity index (χ0) is 47.2. The molecular weight excluding hydrogens is 857 g/mol. The summed E-state index contributed by atoms with van der Waals surface area (Å²) in [6.45, 7) is 8.34. The van der Waals surface area contributed by atoms with E-state index in [1.807, 2.05) is 62.4 Å². The smallest absolute Gasteiger partial charge is 0.245 e. The zero-order valence-electron chi connectivity index (χ0n) is 41.0. The molecule has 68 heavy (non-hydrogen) atoms. The van der Waals surface area contributed by atoms with E-state index in [1.165, 1.54) is 17.5 Å². The molecule has 1 unspecified atom stereocenters. The highest BCUT2D eigenvalue weighted by molar-refractivity contribution is 5.90. The van der Waals surface area contributed by atoms with Crippen LogP contribution in [-0.2, 0) is 32.0 Å². The number of nitrogens with zero attached hydrogens (tertiary/aromatic N) is 7. The maximum atomic E-state index is 14.2. The number of ether oxygens (including phenoxy) is 3. The molecule has 2 aromatic carbocycles. The van der Waals surface area contributed by atoms with Gasteiger partial charge < -0.3 is 44.9 Å². The highest BCUT2D eigenvalue weighted by Gasteiger charge is 2.44. The van der Waals surface area contributed by atoms with E-state index in [-0.39, 0.29) is 35.9 Å². The van der Waals surface area contributed by atoms with Crippen LogP contribution in [0.2, 0.25) is 0 Å². The number of amides is 2. The van der Waals surface area contributed by atoms with Crippen LogP contribution >= 0.6 is 0 Å². The summed E-state index contributed by atoms with van der Waals surface area (Å²) >= 11 is 0. The molecule has 0 radical (unpaired) electrons. The van der Waals surface area contributed by atoms with Gasteiger partial charge in [0.25, 0.3) is 0 Å². The number of likely N-dealkylation sites (N-methyl/N-ethyl adjacent to an activating group) is 1. The standard InChI is InChI=1S/C53H76N10O5/c1-38(54-2)50(64)59-49(42-13-9-6-10-14-42)52(65)62-30-26-41-25-29-61(37-48(41)62)28-24-39-15-19-44(20-16-39)67-33-31-66-32-34-68-45-21-17-43(18-22-45)57-53-55-27-23-47(58-53)46-35-56-63(51(46)60(3)4)36-40-11-7-5-8-12-40/h5,7-8,11-12,15-16,19-20,23,27,35,38,41-43,45,48-49,54H,6,9-10,13-14,17-18,21-22,24-26,28-34,36-37H2,1-4H3,(H,59,64)(H,55,57,58)/t38-,41-,43-,45-,48-,49?/m0/s1. The molecule has 15 heteroatoms. The molecule has 0 spiro atoms. The fourth-order valence-electron chi connectivity index (χ4n) is 10.8. The van der Waals surface area contributed by atoms with Gasteiger partial charge in [-0.15, -0.1) is 0 Å². The van der Waals surface area contributed by atoms with Crippen LogP contribution in [0.1, 0.15) is 88.7 Å². The number of hydrogen-bond acceptors (Lipinski definition) is 12. The quantitative estimate of drug-likeness (QED) is 0.0746. The van der Waals surface area contributed by atoms with Crippen molar-refractivity contribution in [1.29, 1.82) is 0 Å². The number of likely N-dealkylation sites (tertiary alicyclic amines) is 2. The van der Waals surface area contributed by atoms with Crippen molar-refractivity contribution in [3.63, 3.8) is 0 Å². The summed E-state index contributed by atoms with van der Waals surface area (Å²) in [7, 11) is 5.87. The zero-order valence-corrected chi connectivity index (χ0v) is 41.0. The van der Waals surface area contributed by atoms with Crippen molar-refractivity contribution >= 4 is 23.6 Å². The molecule has 4 aromatic rings. The van der Waals surface area contributed by atoms with E-state index < -0.39 is 6.04 Å². The second-order valence-corrected chi connectivity index (χ2v) is 19.7. The second-order valence-electron chi connectivity index (χ2n) is 19.7. The van der Waals surface area contributed by atoms with Crippen LogP contribution in [0.15, 0.2) is 73.1 Å². The molecule has 0 bridgehead atoms. The Morgan fingerprint density at radius 2 is 1.62 bits per heavy atom. The molecule has 4 atom stereocenters. The lowest BCUT2D eigenvalue weighted by molar-refractivity contribution is -0.140. The van der Waals surface area contributed by atoms with Gasteiger partial charge in [0, 0.05) is 52.0 Å². The van der Waals surface area contributed by atoms with Crippen molar-refractivity contribution in [2.45, 2.75) is 121 Å². The third-order valence-corrected chi connectivity index (χ3v) is 14.8. The number of fused-ring (bicyclic) bond motifs is 1. The van der Waals surface area contributed by atoms with Crippen LogP contribution < -0.4 is 25.6 Å². The highest BCUT2D eigenvalue weighted by Crippen LogP contribution is 2.35. The normalized spacial score (nSPS) is 22.0. The largest absolute Gasteiger partial charge is 0.491 e. The van der Waals surface area contributed by atoms with E-state index in [9.17, 15) is 9.59 Å². The van der Waals surface area contributed by atoms with Crippen molar-refractivity contribution in [2.75, 3.05) is 84.0 Å². The Balaban J connectivity index is 0.696. The minimum Gasteiger partial charge on any atom is -0.491 e. The Morgan fingerprint density at radius 3 is 2.38 bits per heavy atom. The molecular formula is C53H76N10O5. The maximum absolute atomic E-state index is 14.2. The Bertz CT molecular complexity index is 2170. The average Bonchev–Trinajstić information content (AvgIpc) is 4.00.